The van der Waals surface area contributed by atoms with Gasteiger partial charge in [0.05, 0.1) is 17.7 Å². The summed E-state index contributed by atoms with van der Waals surface area (Å²) in [6.45, 7) is 7.50. The van der Waals surface area contributed by atoms with Crippen molar-refractivity contribution in [1.29, 1.82) is 0 Å². The topological polar surface area (TPSA) is 55.4 Å². The second-order valence-corrected chi connectivity index (χ2v) is 7.09. The Kier molecular flexibility index (Phi) is 4.47. The molecule has 0 spiro atoms. The quantitative estimate of drug-likeness (QED) is 0.934. The first-order valence-corrected chi connectivity index (χ1v) is 8.49. The van der Waals surface area contributed by atoms with Crippen LogP contribution in [0.1, 0.15) is 22.3 Å². The van der Waals surface area contributed by atoms with Crippen molar-refractivity contribution >= 4 is 15.7 Å². The van der Waals surface area contributed by atoms with E-state index < -0.39 is 10.0 Å². The number of rotatable bonds is 4. The van der Waals surface area contributed by atoms with Gasteiger partial charge in [-0.15, -0.1) is 0 Å². The minimum Gasteiger partial charge on any atom is -0.496 e. The van der Waals surface area contributed by atoms with E-state index in [2.05, 4.69) is 4.72 Å². The summed E-state index contributed by atoms with van der Waals surface area (Å²) in [5, 5.41) is 0. The zero-order valence-electron chi connectivity index (χ0n) is 13.5. The fraction of sp³-hybridized carbons (Fsp3) is 0.294. The van der Waals surface area contributed by atoms with Crippen molar-refractivity contribution < 1.29 is 13.2 Å². The fourth-order valence-corrected chi connectivity index (χ4v) is 3.84. The van der Waals surface area contributed by atoms with Gasteiger partial charge in [-0.25, -0.2) is 8.42 Å². The van der Waals surface area contributed by atoms with E-state index in [-0.39, 0.29) is 4.90 Å². The van der Waals surface area contributed by atoms with Gasteiger partial charge in [-0.2, -0.15) is 0 Å². The standard InChI is InChI=1S/C17H21NO3S/c1-11-6-7-15(12(2)10-11)18-22(19,20)17-9-8-16(21-5)13(3)14(17)4/h6-10,18H,1-5H3. The lowest BCUT2D eigenvalue weighted by molar-refractivity contribution is 0.411. The molecular weight excluding hydrogens is 298 g/mol. The largest absolute Gasteiger partial charge is 0.496 e. The Morgan fingerprint density at radius 1 is 0.955 bits per heavy atom. The first-order valence-electron chi connectivity index (χ1n) is 7.00. The molecule has 22 heavy (non-hydrogen) atoms. The average Bonchev–Trinajstić information content (AvgIpc) is 2.44. The predicted octanol–water partition coefficient (Wildman–Crippen LogP) is 3.73. The molecule has 2 aromatic rings. The van der Waals surface area contributed by atoms with Gasteiger partial charge in [-0.05, 0) is 62.6 Å². The summed E-state index contributed by atoms with van der Waals surface area (Å²) in [6.07, 6.45) is 0. The molecule has 0 aliphatic carbocycles. The highest BCUT2D eigenvalue weighted by Gasteiger charge is 2.20. The van der Waals surface area contributed by atoms with Gasteiger partial charge in [0.15, 0.2) is 0 Å². The summed E-state index contributed by atoms with van der Waals surface area (Å²) in [4.78, 5) is 0.269. The van der Waals surface area contributed by atoms with Crippen molar-refractivity contribution in [3.8, 4) is 5.75 Å². The molecule has 0 aliphatic heterocycles. The van der Waals surface area contributed by atoms with Gasteiger partial charge >= 0.3 is 0 Å². The van der Waals surface area contributed by atoms with Crippen LogP contribution in [0.25, 0.3) is 0 Å². The molecule has 118 valence electrons. The molecule has 0 fully saturated rings. The Morgan fingerprint density at radius 2 is 1.64 bits per heavy atom. The van der Waals surface area contributed by atoms with Crippen LogP contribution in [0.3, 0.4) is 0 Å². The number of nitrogens with one attached hydrogen (secondary N) is 1. The maximum Gasteiger partial charge on any atom is 0.262 e. The molecule has 0 aliphatic rings. The molecule has 0 amide bonds. The Labute approximate surface area is 132 Å². The van der Waals surface area contributed by atoms with Gasteiger partial charge in [0.25, 0.3) is 10.0 Å². The van der Waals surface area contributed by atoms with Gasteiger partial charge in [0, 0.05) is 0 Å². The summed E-state index contributed by atoms with van der Waals surface area (Å²) >= 11 is 0. The van der Waals surface area contributed by atoms with Crippen molar-refractivity contribution in [1.82, 2.24) is 0 Å². The van der Waals surface area contributed by atoms with Crippen LogP contribution in [0.2, 0.25) is 0 Å². The van der Waals surface area contributed by atoms with Crippen LogP contribution >= 0.6 is 0 Å². The van der Waals surface area contributed by atoms with Crippen molar-refractivity contribution in [2.75, 3.05) is 11.8 Å². The molecule has 0 unspecified atom stereocenters. The minimum absolute atomic E-state index is 0.269. The van der Waals surface area contributed by atoms with Crippen molar-refractivity contribution in [2.45, 2.75) is 32.6 Å². The maximum absolute atomic E-state index is 12.7. The van der Waals surface area contributed by atoms with E-state index in [0.717, 1.165) is 16.7 Å². The van der Waals surface area contributed by atoms with E-state index in [4.69, 9.17) is 4.74 Å². The van der Waals surface area contributed by atoms with E-state index in [1.54, 1.807) is 32.2 Å². The molecule has 0 aromatic heterocycles. The average molecular weight is 319 g/mol. The Bertz CT molecular complexity index is 811. The summed E-state index contributed by atoms with van der Waals surface area (Å²) in [7, 11) is -2.06. The first kappa shape index (κ1) is 16.4. The highest BCUT2D eigenvalue weighted by molar-refractivity contribution is 7.92. The lowest BCUT2D eigenvalue weighted by atomic mass is 10.1. The van der Waals surface area contributed by atoms with Crippen LogP contribution in [0.5, 0.6) is 5.75 Å². The van der Waals surface area contributed by atoms with Gasteiger partial charge < -0.3 is 4.74 Å². The smallest absolute Gasteiger partial charge is 0.262 e. The number of ether oxygens (including phenoxy) is 1. The summed E-state index contributed by atoms with van der Waals surface area (Å²) in [5.74, 6) is 0.683. The lowest BCUT2D eigenvalue weighted by Gasteiger charge is -2.15. The van der Waals surface area contributed by atoms with Gasteiger partial charge in [-0.3, -0.25) is 4.72 Å². The zero-order valence-corrected chi connectivity index (χ0v) is 14.3. The van der Waals surface area contributed by atoms with Crippen LogP contribution in [-0.2, 0) is 10.0 Å². The Balaban J connectivity index is 2.45. The van der Waals surface area contributed by atoms with Gasteiger partial charge in [0.1, 0.15) is 5.75 Å². The number of sulfonamides is 1. The summed E-state index contributed by atoms with van der Waals surface area (Å²) < 4.78 is 33.2. The molecule has 4 nitrogen and oxygen atoms in total. The minimum atomic E-state index is -3.63. The maximum atomic E-state index is 12.7. The second-order valence-electron chi connectivity index (χ2n) is 5.44. The normalized spacial score (nSPS) is 11.3. The molecule has 0 radical (unpaired) electrons. The third kappa shape index (κ3) is 3.09. The van der Waals surface area contributed by atoms with Crippen LogP contribution in [0.4, 0.5) is 5.69 Å². The van der Waals surface area contributed by atoms with Crippen LogP contribution in [-0.4, -0.2) is 15.5 Å². The third-order valence-electron chi connectivity index (χ3n) is 3.82. The predicted molar refractivity (Wildman–Crippen MR) is 89.2 cm³/mol. The van der Waals surface area contributed by atoms with Gasteiger partial charge in [-0.1, -0.05) is 17.7 Å². The highest BCUT2D eigenvalue weighted by Crippen LogP contribution is 2.28. The number of hydrogen-bond acceptors (Lipinski definition) is 3. The molecule has 1 N–H and O–H groups in total. The van der Waals surface area contributed by atoms with Crippen LogP contribution in [0, 0.1) is 27.7 Å². The van der Waals surface area contributed by atoms with Crippen LogP contribution in [0.15, 0.2) is 35.2 Å². The van der Waals surface area contributed by atoms with Crippen molar-refractivity contribution in [3.63, 3.8) is 0 Å². The van der Waals surface area contributed by atoms with Crippen LogP contribution < -0.4 is 9.46 Å². The number of benzene rings is 2. The van der Waals surface area contributed by atoms with E-state index in [0.29, 0.717) is 17.0 Å². The number of methoxy groups -OCH3 is 1. The number of aryl methyl sites for hydroxylation is 2. The zero-order chi connectivity index (χ0) is 16.5. The highest BCUT2D eigenvalue weighted by atomic mass is 32.2. The molecule has 2 rings (SSSR count). The summed E-state index contributed by atoms with van der Waals surface area (Å²) in [5.41, 5.74) is 4.10. The monoisotopic (exact) mass is 319 g/mol. The van der Waals surface area contributed by atoms with Crippen molar-refractivity contribution in [3.05, 3.63) is 52.6 Å². The number of anilines is 1. The lowest BCUT2D eigenvalue weighted by Crippen LogP contribution is -2.15. The second kappa shape index (κ2) is 6.01. The third-order valence-corrected chi connectivity index (χ3v) is 5.33. The fourth-order valence-electron chi connectivity index (χ4n) is 2.41. The molecule has 2 aromatic carbocycles. The van der Waals surface area contributed by atoms with E-state index >= 15 is 0 Å². The molecule has 0 saturated carbocycles. The Morgan fingerprint density at radius 3 is 2.23 bits per heavy atom. The SMILES string of the molecule is COc1ccc(S(=O)(=O)Nc2ccc(C)cc2C)c(C)c1C. The molecule has 5 heteroatoms. The molecule has 0 atom stereocenters. The van der Waals surface area contributed by atoms with E-state index in [1.165, 1.54) is 0 Å². The first-order chi connectivity index (χ1) is 10.3. The van der Waals surface area contributed by atoms with Crippen molar-refractivity contribution in [2.24, 2.45) is 0 Å². The number of hydrogen-bond donors (Lipinski definition) is 1. The molecule has 0 bridgehead atoms. The molecular formula is C17H21NO3S. The van der Waals surface area contributed by atoms with E-state index in [1.807, 2.05) is 32.9 Å². The van der Waals surface area contributed by atoms with Gasteiger partial charge in [0.2, 0.25) is 0 Å². The summed E-state index contributed by atoms with van der Waals surface area (Å²) in [6, 6.07) is 8.88. The molecule has 0 heterocycles. The van der Waals surface area contributed by atoms with E-state index in [9.17, 15) is 8.42 Å². The molecule has 0 saturated heterocycles. The Hall–Kier alpha value is -2.01.